The lowest BCUT2D eigenvalue weighted by atomic mass is 9.84. The minimum absolute atomic E-state index is 0.0868. The van der Waals surface area contributed by atoms with Gasteiger partial charge >= 0.3 is 12.4 Å². The molecule has 1 saturated carbocycles. The average molecular weight is 439 g/mol. The molecule has 176 valence electrons. The molecule has 30 heavy (non-hydrogen) atoms. The Kier molecular flexibility index (Phi) is 9.61. The zero-order valence-corrected chi connectivity index (χ0v) is 18.3. The monoisotopic (exact) mass is 438 g/mol. The van der Waals surface area contributed by atoms with Gasteiger partial charge in [0, 0.05) is 12.1 Å². The summed E-state index contributed by atoms with van der Waals surface area (Å²) in [7, 11) is 4.08. The van der Waals surface area contributed by atoms with Gasteiger partial charge in [-0.1, -0.05) is 6.92 Å². The lowest BCUT2D eigenvalue weighted by molar-refractivity contribution is -0.350. The number of hydrogen-bond donors (Lipinski definition) is 5. The maximum atomic E-state index is 12.5. The van der Waals surface area contributed by atoms with Crippen LogP contribution in [0.3, 0.4) is 0 Å². The molecule has 0 aromatic heterocycles. The van der Waals surface area contributed by atoms with Gasteiger partial charge < -0.3 is 20.9 Å². The Morgan fingerprint density at radius 1 is 1.13 bits per heavy atom. The number of alkyl halides is 3. The molecule has 5 N–H and O–H groups in total. The van der Waals surface area contributed by atoms with Crippen molar-refractivity contribution in [2.24, 2.45) is 5.92 Å². The Balaban J connectivity index is 1.72. The Hall–Kier alpha value is -1.14. The van der Waals surface area contributed by atoms with Crippen LogP contribution in [-0.4, -0.2) is 75.1 Å². The highest BCUT2D eigenvalue weighted by atomic mass is 19.4. The molecule has 0 radical (unpaired) electrons. The predicted molar refractivity (Wildman–Crippen MR) is 108 cm³/mol. The lowest BCUT2D eigenvalue weighted by Crippen LogP contribution is -2.68. The molecule has 0 bridgehead atoms. The van der Waals surface area contributed by atoms with E-state index in [1.807, 2.05) is 14.1 Å². The molecule has 2 rings (SSSR count). The summed E-state index contributed by atoms with van der Waals surface area (Å²) < 4.78 is 41.5. The molecule has 0 spiro atoms. The maximum absolute atomic E-state index is 12.5. The standard InChI is InChI=1S/C19H37F3N6O2/c1-12-10-14(6-7-15(12)30-19(20,21)22)25-18(29)27-17-24-13(2)11-16(26-17)23-8-5-9-28(3)4/h12-17,23-24,26H,5-11H2,1-4H3,(H2,25,27,29). The fourth-order valence-corrected chi connectivity index (χ4v) is 4.12. The molecule has 6 unspecified atom stereocenters. The van der Waals surface area contributed by atoms with Gasteiger partial charge in [-0.05, 0) is 72.1 Å². The van der Waals surface area contributed by atoms with Gasteiger partial charge in [0.15, 0.2) is 0 Å². The van der Waals surface area contributed by atoms with Crippen LogP contribution in [0.1, 0.15) is 46.0 Å². The summed E-state index contributed by atoms with van der Waals surface area (Å²) in [6.07, 6.45) is -2.68. The molecular weight excluding hydrogens is 401 g/mol. The van der Waals surface area contributed by atoms with Crippen LogP contribution >= 0.6 is 0 Å². The Morgan fingerprint density at radius 2 is 1.87 bits per heavy atom. The quantitative estimate of drug-likeness (QED) is 0.369. The Labute approximate surface area is 177 Å². The summed E-state index contributed by atoms with van der Waals surface area (Å²) in [6.45, 7) is 5.67. The maximum Gasteiger partial charge on any atom is 0.522 e. The SMILES string of the molecule is CC1CC(NCCCN(C)C)NC(NC(=O)NC2CCC(OC(F)(F)F)C(C)C2)N1. The van der Waals surface area contributed by atoms with Gasteiger partial charge in [-0.2, -0.15) is 0 Å². The van der Waals surface area contributed by atoms with Gasteiger partial charge in [0.05, 0.1) is 12.3 Å². The Morgan fingerprint density at radius 3 is 2.50 bits per heavy atom. The van der Waals surface area contributed by atoms with Gasteiger partial charge in [-0.15, -0.1) is 13.2 Å². The van der Waals surface area contributed by atoms with Crippen molar-refractivity contribution in [2.75, 3.05) is 27.2 Å². The minimum atomic E-state index is -4.62. The van der Waals surface area contributed by atoms with Crippen molar-refractivity contribution < 1.29 is 22.7 Å². The van der Waals surface area contributed by atoms with Gasteiger partial charge in [0.2, 0.25) is 0 Å². The van der Waals surface area contributed by atoms with E-state index < -0.39 is 12.5 Å². The smallest absolute Gasteiger partial charge is 0.335 e. The number of carbonyl (C=O) groups excluding carboxylic acids is 1. The molecule has 0 aromatic carbocycles. The van der Waals surface area contributed by atoms with Gasteiger partial charge in [0.25, 0.3) is 0 Å². The fourth-order valence-electron chi connectivity index (χ4n) is 4.12. The van der Waals surface area contributed by atoms with Crippen molar-refractivity contribution in [1.29, 1.82) is 0 Å². The minimum Gasteiger partial charge on any atom is -0.335 e. The molecular formula is C19H37F3N6O2. The number of halogens is 3. The first kappa shape index (κ1) is 25.1. The second kappa shape index (κ2) is 11.5. The summed E-state index contributed by atoms with van der Waals surface area (Å²) >= 11 is 0. The molecule has 8 nitrogen and oxygen atoms in total. The fraction of sp³-hybridized carbons (Fsp3) is 0.947. The average Bonchev–Trinajstić information content (AvgIpc) is 2.59. The van der Waals surface area contributed by atoms with E-state index in [0.29, 0.717) is 12.8 Å². The molecule has 1 saturated heterocycles. The van der Waals surface area contributed by atoms with Gasteiger partial charge in [-0.25, -0.2) is 4.79 Å². The van der Waals surface area contributed by atoms with E-state index in [-0.39, 0.29) is 42.9 Å². The first-order chi connectivity index (χ1) is 14.0. The van der Waals surface area contributed by atoms with E-state index in [9.17, 15) is 18.0 Å². The van der Waals surface area contributed by atoms with Crippen molar-refractivity contribution in [2.45, 2.75) is 83.0 Å². The van der Waals surface area contributed by atoms with Crippen molar-refractivity contribution >= 4 is 6.03 Å². The van der Waals surface area contributed by atoms with Crippen LogP contribution in [0.2, 0.25) is 0 Å². The van der Waals surface area contributed by atoms with Crippen LogP contribution in [0.15, 0.2) is 0 Å². The molecule has 2 amide bonds. The highest BCUT2D eigenvalue weighted by Gasteiger charge is 2.39. The summed E-state index contributed by atoms with van der Waals surface area (Å²) in [5, 5.41) is 15.8. The molecule has 1 aliphatic carbocycles. The van der Waals surface area contributed by atoms with E-state index in [0.717, 1.165) is 25.9 Å². The second-order valence-electron chi connectivity index (χ2n) is 8.77. The third kappa shape index (κ3) is 9.34. The van der Waals surface area contributed by atoms with Crippen LogP contribution in [0.5, 0.6) is 0 Å². The van der Waals surface area contributed by atoms with E-state index in [1.165, 1.54) is 0 Å². The van der Waals surface area contributed by atoms with Crippen LogP contribution in [-0.2, 0) is 4.74 Å². The van der Waals surface area contributed by atoms with Crippen molar-refractivity contribution in [3.63, 3.8) is 0 Å². The molecule has 2 aliphatic rings. The first-order valence-electron chi connectivity index (χ1n) is 10.7. The number of ether oxygens (including phenoxy) is 1. The third-order valence-electron chi connectivity index (χ3n) is 5.57. The summed E-state index contributed by atoms with van der Waals surface area (Å²) in [5.74, 6) is -0.285. The van der Waals surface area contributed by atoms with Gasteiger partial charge in [0.1, 0.15) is 6.29 Å². The normalized spacial score (nSPS) is 32.8. The number of amides is 2. The number of rotatable bonds is 8. The van der Waals surface area contributed by atoms with Crippen molar-refractivity contribution in [3.05, 3.63) is 0 Å². The molecule has 1 aliphatic heterocycles. The van der Waals surface area contributed by atoms with Gasteiger partial charge in [-0.3, -0.25) is 15.4 Å². The van der Waals surface area contributed by atoms with E-state index in [1.54, 1.807) is 6.92 Å². The molecule has 6 atom stereocenters. The summed E-state index contributed by atoms with van der Waals surface area (Å²) in [6, 6.07) is -0.292. The van der Waals surface area contributed by atoms with Crippen LogP contribution in [0, 0.1) is 5.92 Å². The molecule has 0 aromatic rings. The number of hydrogen-bond acceptors (Lipinski definition) is 6. The predicted octanol–water partition coefficient (Wildman–Crippen LogP) is 1.50. The largest absolute Gasteiger partial charge is 0.522 e. The third-order valence-corrected chi connectivity index (χ3v) is 5.57. The summed E-state index contributed by atoms with van der Waals surface area (Å²) in [4.78, 5) is 14.5. The Bertz CT molecular complexity index is 537. The molecule has 1 heterocycles. The van der Waals surface area contributed by atoms with Crippen molar-refractivity contribution in [1.82, 2.24) is 31.5 Å². The lowest BCUT2D eigenvalue weighted by Gasteiger charge is -2.38. The molecule has 11 heteroatoms. The van der Waals surface area contributed by atoms with E-state index in [2.05, 4.69) is 43.1 Å². The number of nitrogens with zero attached hydrogens (tertiary/aromatic N) is 1. The second-order valence-corrected chi connectivity index (χ2v) is 8.77. The van der Waals surface area contributed by atoms with Crippen LogP contribution in [0.4, 0.5) is 18.0 Å². The topological polar surface area (TPSA) is 89.7 Å². The van der Waals surface area contributed by atoms with Crippen LogP contribution in [0.25, 0.3) is 0 Å². The number of carbonyl (C=O) groups is 1. The highest BCUT2D eigenvalue weighted by molar-refractivity contribution is 5.74. The van der Waals surface area contributed by atoms with Crippen LogP contribution < -0.4 is 26.6 Å². The zero-order valence-electron chi connectivity index (χ0n) is 18.3. The van der Waals surface area contributed by atoms with E-state index >= 15 is 0 Å². The first-order valence-corrected chi connectivity index (χ1v) is 10.7. The van der Waals surface area contributed by atoms with E-state index in [4.69, 9.17) is 0 Å². The number of nitrogens with one attached hydrogen (secondary N) is 5. The van der Waals surface area contributed by atoms with Crippen molar-refractivity contribution in [3.8, 4) is 0 Å². The molecule has 2 fully saturated rings. The zero-order chi connectivity index (χ0) is 22.3. The summed E-state index contributed by atoms with van der Waals surface area (Å²) in [5.41, 5.74) is 0. The highest BCUT2D eigenvalue weighted by Crippen LogP contribution is 2.31. The number of urea groups is 1.